The molecule has 1 aromatic heterocycles. The third-order valence-corrected chi connectivity index (χ3v) is 3.83. The van der Waals surface area contributed by atoms with Crippen LogP contribution >= 0.6 is 0 Å². The Morgan fingerprint density at radius 3 is 2.43 bits per heavy atom. The van der Waals surface area contributed by atoms with Crippen molar-refractivity contribution >= 4 is 16.6 Å². The van der Waals surface area contributed by atoms with E-state index in [0.717, 1.165) is 5.56 Å². The van der Waals surface area contributed by atoms with Gasteiger partial charge in [0.1, 0.15) is 0 Å². The summed E-state index contributed by atoms with van der Waals surface area (Å²) in [5.74, 6) is 0. The van der Waals surface area contributed by atoms with Gasteiger partial charge in [0, 0.05) is 18.2 Å². The first-order valence-corrected chi connectivity index (χ1v) is 7.42. The zero-order valence-corrected chi connectivity index (χ0v) is 13.0. The topological polar surface area (TPSA) is 70.1 Å². The zero-order valence-electron chi connectivity index (χ0n) is 13.0. The van der Waals surface area contributed by atoms with Crippen LogP contribution in [0, 0.1) is 10.1 Å². The molecule has 0 bridgehead atoms. The van der Waals surface area contributed by atoms with Gasteiger partial charge < -0.3 is 0 Å². The van der Waals surface area contributed by atoms with Gasteiger partial charge in [-0.3, -0.25) is 19.6 Å². The Kier molecular flexibility index (Phi) is 3.73. The number of benzene rings is 2. The van der Waals surface area contributed by atoms with Crippen molar-refractivity contribution in [2.45, 2.75) is 26.4 Å². The highest BCUT2D eigenvalue weighted by Gasteiger charge is 2.18. The molecular formula is C17H17N3O3. The van der Waals surface area contributed by atoms with Crippen LogP contribution in [0.3, 0.4) is 0 Å². The fourth-order valence-electron chi connectivity index (χ4n) is 2.84. The molecule has 0 spiro atoms. The quantitative estimate of drug-likeness (QED) is 0.548. The van der Waals surface area contributed by atoms with Gasteiger partial charge in [-0.15, -0.1) is 0 Å². The van der Waals surface area contributed by atoms with Crippen LogP contribution in [-0.4, -0.2) is 14.3 Å². The number of non-ortho nitro benzene ring substituents is 1. The molecule has 0 saturated carbocycles. The first-order valence-electron chi connectivity index (χ1n) is 7.42. The lowest BCUT2D eigenvalue weighted by Crippen LogP contribution is -2.24. The van der Waals surface area contributed by atoms with Crippen LogP contribution in [0.15, 0.2) is 53.3 Å². The SMILES string of the molecule is CC(C)n1c2ccc([N+](=O)[O-])cc2c(=O)n1Cc1ccccc1. The number of aromatic nitrogens is 2. The molecule has 1 heterocycles. The maximum Gasteiger partial charge on any atom is 0.275 e. The summed E-state index contributed by atoms with van der Waals surface area (Å²) in [4.78, 5) is 23.2. The van der Waals surface area contributed by atoms with E-state index < -0.39 is 4.92 Å². The first kappa shape index (κ1) is 15.0. The predicted molar refractivity (Wildman–Crippen MR) is 88.8 cm³/mol. The molecule has 2 aromatic carbocycles. The van der Waals surface area contributed by atoms with Crippen LogP contribution in [0.2, 0.25) is 0 Å². The minimum atomic E-state index is -0.479. The van der Waals surface area contributed by atoms with Crippen molar-refractivity contribution in [1.29, 1.82) is 0 Å². The van der Waals surface area contributed by atoms with Crippen LogP contribution in [0.5, 0.6) is 0 Å². The second kappa shape index (κ2) is 5.72. The average molecular weight is 311 g/mol. The Balaban J connectivity index is 2.23. The Morgan fingerprint density at radius 2 is 1.83 bits per heavy atom. The number of fused-ring (bicyclic) bond motifs is 1. The van der Waals surface area contributed by atoms with Crippen LogP contribution in [-0.2, 0) is 6.54 Å². The van der Waals surface area contributed by atoms with Gasteiger partial charge in [-0.05, 0) is 25.5 Å². The molecule has 6 heteroatoms. The Bertz CT molecular complexity index is 923. The van der Waals surface area contributed by atoms with Gasteiger partial charge in [-0.2, -0.15) is 0 Å². The molecule has 0 saturated heterocycles. The summed E-state index contributed by atoms with van der Waals surface area (Å²) in [6.45, 7) is 4.41. The molecule has 0 atom stereocenters. The monoisotopic (exact) mass is 311 g/mol. The van der Waals surface area contributed by atoms with Gasteiger partial charge >= 0.3 is 0 Å². The van der Waals surface area contributed by atoms with Gasteiger partial charge in [0.05, 0.1) is 22.4 Å². The Hall–Kier alpha value is -2.89. The minimum absolute atomic E-state index is 0.0605. The molecule has 0 aliphatic heterocycles. The normalized spacial score (nSPS) is 11.3. The molecule has 0 aliphatic rings. The molecule has 23 heavy (non-hydrogen) atoms. The van der Waals surface area contributed by atoms with E-state index in [9.17, 15) is 14.9 Å². The predicted octanol–water partition coefficient (Wildman–Crippen LogP) is 3.34. The fraction of sp³-hybridized carbons (Fsp3) is 0.235. The molecule has 0 N–H and O–H groups in total. The van der Waals surface area contributed by atoms with Crippen molar-refractivity contribution < 1.29 is 4.92 Å². The van der Waals surface area contributed by atoms with Crippen molar-refractivity contribution in [1.82, 2.24) is 9.36 Å². The third-order valence-electron chi connectivity index (χ3n) is 3.83. The summed E-state index contributed by atoms with van der Waals surface area (Å²) in [7, 11) is 0. The first-order chi connectivity index (χ1) is 11.0. The summed E-state index contributed by atoms with van der Waals surface area (Å²) >= 11 is 0. The molecule has 118 valence electrons. The van der Waals surface area contributed by atoms with E-state index >= 15 is 0 Å². The number of rotatable bonds is 4. The van der Waals surface area contributed by atoms with Crippen molar-refractivity contribution in [2.75, 3.05) is 0 Å². The van der Waals surface area contributed by atoms with E-state index in [0.29, 0.717) is 17.4 Å². The summed E-state index contributed by atoms with van der Waals surface area (Å²) in [6, 6.07) is 14.2. The molecule has 0 unspecified atom stereocenters. The maximum absolute atomic E-state index is 12.8. The number of nitro benzene ring substituents is 1. The van der Waals surface area contributed by atoms with Crippen LogP contribution < -0.4 is 5.56 Å². The van der Waals surface area contributed by atoms with Crippen molar-refractivity contribution in [3.8, 4) is 0 Å². The molecular weight excluding hydrogens is 294 g/mol. The largest absolute Gasteiger partial charge is 0.279 e. The summed E-state index contributed by atoms with van der Waals surface area (Å²) < 4.78 is 3.54. The van der Waals surface area contributed by atoms with Gasteiger partial charge in [-0.1, -0.05) is 30.3 Å². The second-order valence-corrected chi connectivity index (χ2v) is 5.75. The lowest BCUT2D eigenvalue weighted by Gasteiger charge is -2.16. The maximum atomic E-state index is 12.8. The van der Waals surface area contributed by atoms with Crippen LogP contribution in [0.25, 0.3) is 10.9 Å². The zero-order chi connectivity index (χ0) is 16.6. The van der Waals surface area contributed by atoms with Gasteiger partial charge in [0.2, 0.25) is 0 Å². The Labute approximate surface area is 132 Å². The van der Waals surface area contributed by atoms with Gasteiger partial charge in [-0.25, -0.2) is 4.68 Å². The highest BCUT2D eigenvalue weighted by Crippen LogP contribution is 2.22. The number of hydrogen-bond acceptors (Lipinski definition) is 3. The summed E-state index contributed by atoms with van der Waals surface area (Å²) in [5.41, 5.74) is 1.45. The minimum Gasteiger partial charge on any atom is -0.279 e. The number of nitro groups is 1. The molecule has 3 rings (SSSR count). The lowest BCUT2D eigenvalue weighted by molar-refractivity contribution is -0.384. The van der Waals surface area contributed by atoms with Gasteiger partial charge in [0.25, 0.3) is 11.2 Å². The fourth-order valence-corrected chi connectivity index (χ4v) is 2.84. The molecule has 0 amide bonds. The average Bonchev–Trinajstić information content (AvgIpc) is 2.80. The van der Waals surface area contributed by atoms with E-state index in [2.05, 4.69) is 0 Å². The highest BCUT2D eigenvalue weighted by atomic mass is 16.6. The highest BCUT2D eigenvalue weighted by molar-refractivity contribution is 5.81. The smallest absolute Gasteiger partial charge is 0.275 e. The van der Waals surface area contributed by atoms with E-state index in [1.807, 2.05) is 48.9 Å². The van der Waals surface area contributed by atoms with Crippen molar-refractivity contribution in [2.24, 2.45) is 0 Å². The van der Waals surface area contributed by atoms with E-state index in [-0.39, 0.29) is 17.3 Å². The van der Waals surface area contributed by atoms with Crippen LogP contribution in [0.4, 0.5) is 5.69 Å². The van der Waals surface area contributed by atoms with E-state index in [4.69, 9.17) is 0 Å². The molecule has 6 nitrogen and oxygen atoms in total. The molecule has 0 radical (unpaired) electrons. The number of hydrogen-bond donors (Lipinski definition) is 0. The van der Waals surface area contributed by atoms with Crippen molar-refractivity contribution in [3.05, 3.63) is 74.6 Å². The van der Waals surface area contributed by atoms with Crippen molar-refractivity contribution in [3.63, 3.8) is 0 Å². The third kappa shape index (κ3) is 2.63. The summed E-state index contributed by atoms with van der Waals surface area (Å²) in [5, 5.41) is 11.3. The lowest BCUT2D eigenvalue weighted by atomic mass is 10.2. The van der Waals surface area contributed by atoms with E-state index in [1.165, 1.54) is 12.1 Å². The Morgan fingerprint density at radius 1 is 1.13 bits per heavy atom. The molecule has 0 fully saturated rings. The van der Waals surface area contributed by atoms with Gasteiger partial charge in [0.15, 0.2) is 0 Å². The molecule has 3 aromatic rings. The second-order valence-electron chi connectivity index (χ2n) is 5.75. The summed E-state index contributed by atoms with van der Waals surface area (Å²) in [6.07, 6.45) is 0. The van der Waals surface area contributed by atoms with E-state index in [1.54, 1.807) is 10.7 Å². The standard InChI is InChI=1S/C17H17N3O3/c1-12(2)19-16-9-8-14(20(22)23)10-15(16)17(21)18(19)11-13-6-4-3-5-7-13/h3-10,12H,11H2,1-2H3. The molecule has 0 aliphatic carbocycles. The van der Waals surface area contributed by atoms with Crippen LogP contribution in [0.1, 0.15) is 25.5 Å². The number of nitrogens with zero attached hydrogens (tertiary/aromatic N) is 3.